The van der Waals surface area contributed by atoms with E-state index in [4.69, 9.17) is 8.92 Å². The first kappa shape index (κ1) is 21.1. The van der Waals surface area contributed by atoms with Crippen LogP contribution in [0.2, 0.25) is 0 Å². The van der Waals surface area contributed by atoms with Crippen molar-refractivity contribution < 1.29 is 34.7 Å². The zero-order valence-electron chi connectivity index (χ0n) is 13.3. The second-order valence-corrected chi connectivity index (χ2v) is 8.85. The molecule has 0 heterocycles. The molecule has 0 aromatic heterocycles. The van der Waals surface area contributed by atoms with Crippen LogP contribution in [0.25, 0.3) is 0 Å². The number of rotatable bonds is 8. The smallest absolute Gasteiger partial charge is 0.409 e. The van der Waals surface area contributed by atoms with Crippen molar-refractivity contribution in [3.63, 3.8) is 0 Å². The highest BCUT2D eigenvalue weighted by molar-refractivity contribution is 7.86. The van der Waals surface area contributed by atoms with Gasteiger partial charge in [-0.3, -0.25) is 9.50 Å². The summed E-state index contributed by atoms with van der Waals surface area (Å²) >= 11 is 0. The normalized spacial score (nSPS) is 14.4. The summed E-state index contributed by atoms with van der Waals surface area (Å²) in [4.78, 5) is 11.6. The maximum Gasteiger partial charge on any atom is 0.409 e. The Bertz CT molecular complexity index is 561. The number of carbonyl (C=O) groups is 1. The Morgan fingerprint density at radius 1 is 1.09 bits per heavy atom. The minimum Gasteiger partial charge on any atom is -0.444 e. The summed E-state index contributed by atoms with van der Waals surface area (Å²) in [6.07, 6.45) is -0.0938. The van der Waals surface area contributed by atoms with Crippen molar-refractivity contribution in [1.29, 1.82) is 0 Å². The molecule has 0 aliphatic carbocycles. The van der Waals surface area contributed by atoms with E-state index >= 15 is 0 Å². The van der Waals surface area contributed by atoms with E-state index in [1.165, 1.54) is 0 Å². The van der Waals surface area contributed by atoms with Gasteiger partial charge in [0.05, 0.1) is 19.1 Å². The van der Waals surface area contributed by atoms with Gasteiger partial charge < -0.3 is 4.74 Å². The minimum atomic E-state index is -3.81. The van der Waals surface area contributed by atoms with Crippen molar-refractivity contribution in [2.75, 3.05) is 19.1 Å². The number of ether oxygens (including phenoxy) is 1. The van der Waals surface area contributed by atoms with Gasteiger partial charge in [0.25, 0.3) is 20.2 Å². The van der Waals surface area contributed by atoms with E-state index in [9.17, 15) is 21.6 Å². The van der Waals surface area contributed by atoms with Gasteiger partial charge in [-0.25, -0.2) is 8.98 Å². The van der Waals surface area contributed by atoms with Crippen molar-refractivity contribution in [3.8, 4) is 0 Å². The zero-order chi connectivity index (χ0) is 17.6. The van der Waals surface area contributed by atoms with Gasteiger partial charge in [-0.2, -0.15) is 16.8 Å². The van der Waals surface area contributed by atoms with Gasteiger partial charge in [0.1, 0.15) is 5.60 Å². The standard InChI is InChI=1S/C11H23NO8S2/c1-11(2,3)19-10(13)12-9(20-22(5,16)17)7-6-8-18-21(4,14)15/h9H,6-8H2,1-5H3,(H,12,13)/t9-/m0/s1. The summed E-state index contributed by atoms with van der Waals surface area (Å²) in [5.41, 5.74) is -0.751. The zero-order valence-corrected chi connectivity index (χ0v) is 14.9. The maximum atomic E-state index is 11.6. The van der Waals surface area contributed by atoms with Crippen LogP contribution in [0.15, 0.2) is 0 Å². The molecule has 0 aromatic rings. The molecular weight excluding hydrogens is 338 g/mol. The second kappa shape index (κ2) is 8.09. The summed E-state index contributed by atoms with van der Waals surface area (Å²) in [6, 6.07) is 0. The number of carbonyl (C=O) groups excluding carboxylic acids is 1. The van der Waals surface area contributed by atoms with E-state index in [1.54, 1.807) is 20.8 Å². The van der Waals surface area contributed by atoms with E-state index in [0.29, 0.717) is 0 Å². The average Bonchev–Trinajstić information content (AvgIpc) is 2.17. The van der Waals surface area contributed by atoms with E-state index < -0.39 is 38.2 Å². The molecule has 0 aliphatic heterocycles. The monoisotopic (exact) mass is 361 g/mol. The molecule has 132 valence electrons. The van der Waals surface area contributed by atoms with Crippen molar-refractivity contribution in [2.24, 2.45) is 0 Å². The lowest BCUT2D eigenvalue weighted by atomic mass is 10.2. The lowest BCUT2D eigenvalue weighted by Crippen LogP contribution is -2.41. The van der Waals surface area contributed by atoms with Crippen LogP contribution in [-0.4, -0.2) is 53.9 Å². The number of hydrogen-bond acceptors (Lipinski definition) is 8. The molecule has 0 radical (unpaired) electrons. The highest BCUT2D eigenvalue weighted by Crippen LogP contribution is 2.09. The molecule has 1 amide bonds. The Labute approximate surface area is 131 Å². The van der Waals surface area contributed by atoms with Gasteiger partial charge >= 0.3 is 6.09 Å². The molecule has 0 rings (SSSR count). The fourth-order valence-electron chi connectivity index (χ4n) is 1.27. The Morgan fingerprint density at radius 3 is 2.05 bits per heavy atom. The molecule has 9 nitrogen and oxygen atoms in total. The Balaban J connectivity index is 4.54. The maximum absolute atomic E-state index is 11.6. The largest absolute Gasteiger partial charge is 0.444 e. The first-order valence-corrected chi connectivity index (χ1v) is 10.0. The lowest BCUT2D eigenvalue weighted by molar-refractivity contribution is 0.0387. The molecule has 0 saturated heterocycles. The van der Waals surface area contributed by atoms with Crippen LogP contribution in [-0.2, 0) is 33.3 Å². The van der Waals surface area contributed by atoms with Crippen LogP contribution in [0.1, 0.15) is 33.6 Å². The fourth-order valence-corrected chi connectivity index (χ4v) is 2.26. The topological polar surface area (TPSA) is 125 Å². The summed E-state index contributed by atoms with van der Waals surface area (Å²) < 4.78 is 58.1. The molecule has 22 heavy (non-hydrogen) atoms. The summed E-state index contributed by atoms with van der Waals surface area (Å²) in [6.45, 7) is 4.80. The molecule has 0 aromatic carbocycles. The molecular formula is C11H23NO8S2. The molecule has 11 heteroatoms. The van der Waals surface area contributed by atoms with Crippen molar-refractivity contribution in [2.45, 2.75) is 45.4 Å². The van der Waals surface area contributed by atoms with Crippen molar-refractivity contribution >= 4 is 26.3 Å². The predicted molar refractivity (Wildman–Crippen MR) is 79.1 cm³/mol. The van der Waals surface area contributed by atoms with Crippen LogP contribution >= 0.6 is 0 Å². The van der Waals surface area contributed by atoms with Crippen LogP contribution < -0.4 is 5.32 Å². The first-order chi connectivity index (χ1) is 9.68. The molecule has 0 unspecified atom stereocenters. The first-order valence-electron chi connectivity index (χ1n) is 6.40. The number of alkyl carbamates (subject to hydrolysis) is 1. The number of nitrogens with one attached hydrogen (secondary N) is 1. The third-order valence-electron chi connectivity index (χ3n) is 1.88. The van der Waals surface area contributed by atoms with Gasteiger partial charge in [-0.05, 0) is 33.6 Å². The van der Waals surface area contributed by atoms with E-state index in [2.05, 4.69) is 9.50 Å². The highest BCUT2D eigenvalue weighted by Gasteiger charge is 2.22. The summed E-state index contributed by atoms with van der Waals surface area (Å²) in [5.74, 6) is 0. The molecule has 0 saturated carbocycles. The molecule has 0 aliphatic rings. The fraction of sp³-hybridized carbons (Fsp3) is 0.909. The van der Waals surface area contributed by atoms with Gasteiger partial charge in [-0.1, -0.05) is 0 Å². The molecule has 1 N–H and O–H groups in total. The molecule has 0 bridgehead atoms. The number of hydrogen-bond donors (Lipinski definition) is 1. The van der Waals surface area contributed by atoms with Gasteiger partial charge in [0.2, 0.25) is 0 Å². The molecule has 1 atom stereocenters. The number of amides is 1. The summed E-state index contributed by atoms with van der Waals surface area (Å²) in [5, 5.41) is 2.26. The Hall–Kier alpha value is -0.910. The van der Waals surface area contributed by atoms with Crippen molar-refractivity contribution in [1.82, 2.24) is 5.32 Å². The van der Waals surface area contributed by atoms with Gasteiger partial charge in [-0.15, -0.1) is 0 Å². The van der Waals surface area contributed by atoms with Crippen LogP contribution in [0, 0.1) is 0 Å². The Kier molecular flexibility index (Phi) is 7.75. The SMILES string of the molecule is CC(C)(C)OC(=O)N[C@H](CCCOS(C)(=O)=O)OS(C)(=O)=O. The van der Waals surface area contributed by atoms with E-state index in [0.717, 1.165) is 12.5 Å². The lowest BCUT2D eigenvalue weighted by Gasteiger charge is -2.23. The van der Waals surface area contributed by atoms with Gasteiger partial charge in [0, 0.05) is 0 Å². The Morgan fingerprint density at radius 2 is 1.64 bits per heavy atom. The summed E-state index contributed by atoms with van der Waals surface area (Å²) in [7, 11) is -7.38. The molecule has 0 spiro atoms. The van der Waals surface area contributed by atoms with Crippen LogP contribution in [0.5, 0.6) is 0 Å². The quantitative estimate of drug-likeness (QED) is 0.378. The highest BCUT2D eigenvalue weighted by atomic mass is 32.2. The van der Waals surface area contributed by atoms with Gasteiger partial charge in [0.15, 0.2) is 6.23 Å². The van der Waals surface area contributed by atoms with Crippen LogP contribution in [0.4, 0.5) is 4.79 Å². The average molecular weight is 361 g/mol. The van der Waals surface area contributed by atoms with E-state index in [-0.39, 0.29) is 19.4 Å². The minimum absolute atomic E-state index is 0.0296. The van der Waals surface area contributed by atoms with E-state index in [1.807, 2.05) is 0 Å². The third-order valence-corrected chi connectivity index (χ3v) is 3.05. The predicted octanol–water partition coefficient (Wildman–Crippen LogP) is 0.570. The second-order valence-electron chi connectivity index (χ2n) is 5.60. The third kappa shape index (κ3) is 14.0. The van der Waals surface area contributed by atoms with Crippen LogP contribution in [0.3, 0.4) is 0 Å². The molecule has 0 fully saturated rings. The van der Waals surface area contributed by atoms with Crippen molar-refractivity contribution in [3.05, 3.63) is 0 Å².